The highest BCUT2D eigenvalue weighted by Crippen LogP contribution is 2.33. The molecule has 0 amide bonds. The second-order valence-corrected chi connectivity index (χ2v) is 4.97. The van der Waals surface area contributed by atoms with E-state index in [1.54, 1.807) is 12.1 Å². The Morgan fingerprint density at radius 1 is 1.20 bits per heavy atom. The molecule has 20 heavy (non-hydrogen) atoms. The number of ether oxygens (including phenoxy) is 1. The van der Waals surface area contributed by atoms with E-state index in [9.17, 15) is 9.90 Å². The van der Waals surface area contributed by atoms with Crippen molar-refractivity contribution in [2.45, 2.75) is 13.8 Å². The summed E-state index contributed by atoms with van der Waals surface area (Å²) in [6.07, 6.45) is 0. The van der Waals surface area contributed by atoms with Gasteiger partial charge in [0.25, 0.3) is 0 Å². The molecule has 0 unspecified atom stereocenters. The lowest BCUT2D eigenvalue weighted by Crippen LogP contribution is -2.02. The van der Waals surface area contributed by atoms with Gasteiger partial charge in [-0.15, -0.1) is 0 Å². The second kappa shape index (κ2) is 5.43. The molecule has 104 valence electrons. The number of benzene rings is 2. The van der Waals surface area contributed by atoms with Gasteiger partial charge in [0.1, 0.15) is 17.1 Å². The number of halogens is 1. The number of nitrogen functional groups attached to an aromatic ring is 1. The molecule has 3 N–H and O–H groups in total. The van der Waals surface area contributed by atoms with E-state index in [0.717, 1.165) is 11.1 Å². The Kier molecular flexibility index (Phi) is 3.86. The van der Waals surface area contributed by atoms with Gasteiger partial charge < -0.3 is 15.6 Å². The van der Waals surface area contributed by atoms with Crippen molar-refractivity contribution in [1.29, 1.82) is 0 Å². The average molecular weight is 292 g/mol. The Labute approximate surface area is 121 Å². The number of hydrogen-bond acceptors (Lipinski definition) is 3. The van der Waals surface area contributed by atoms with Crippen molar-refractivity contribution in [2.75, 3.05) is 5.73 Å². The fourth-order valence-electron chi connectivity index (χ4n) is 1.97. The number of aryl methyl sites for hydroxylation is 2. The highest BCUT2D eigenvalue weighted by molar-refractivity contribution is 6.30. The monoisotopic (exact) mass is 291 g/mol. The standard InChI is InChI=1S/C15H14ClNO3/c1-8-5-10(16)6-9(2)14(8)20-13-7-11(17)3-4-12(13)15(18)19/h3-7H,17H2,1-2H3,(H,18,19). The predicted molar refractivity (Wildman–Crippen MR) is 78.8 cm³/mol. The number of carboxylic acid groups (broad SMARTS) is 1. The zero-order valence-electron chi connectivity index (χ0n) is 11.1. The first-order valence-electron chi connectivity index (χ1n) is 5.96. The fourth-order valence-corrected chi connectivity index (χ4v) is 2.30. The van der Waals surface area contributed by atoms with Gasteiger partial charge in [-0.25, -0.2) is 4.79 Å². The van der Waals surface area contributed by atoms with Crippen LogP contribution in [0, 0.1) is 13.8 Å². The highest BCUT2D eigenvalue weighted by atomic mass is 35.5. The molecule has 0 saturated heterocycles. The first-order valence-corrected chi connectivity index (χ1v) is 6.33. The summed E-state index contributed by atoms with van der Waals surface area (Å²) < 4.78 is 5.75. The van der Waals surface area contributed by atoms with Crippen LogP contribution in [0.3, 0.4) is 0 Å². The largest absolute Gasteiger partial charge is 0.478 e. The van der Waals surface area contributed by atoms with Crippen molar-refractivity contribution in [3.8, 4) is 11.5 Å². The molecule has 0 saturated carbocycles. The quantitative estimate of drug-likeness (QED) is 0.837. The van der Waals surface area contributed by atoms with Gasteiger partial charge in [-0.3, -0.25) is 0 Å². The van der Waals surface area contributed by atoms with E-state index in [0.29, 0.717) is 16.5 Å². The minimum atomic E-state index is -1.07. The maximum Gasteiger partial charge on any atom is 0.339 e. The van der Waals surface area contributed by atoms with Crippen molar-refractivity contribution >= 4 is 23.3 Å². The summed E-state index contributed by atoms with van der Waals surface area (Å²) in [4.78, 5) is 11.2. The van der Waals surface area contributed by atoms with E-state index < -0.39 is 5.97 Å². The van der Waals surface area contributed by atoms with Crippen LogP contribution >= 0.6 is 11.6 Å². The molecule has 2 aromatic rings. The summed E-state index contributed by atoms with van der Waals surface area (Å²) in [5.41, 5.74) is 7.84. The van der Waals surface area contributed by atoms with Crippen molar-refractivity contribution in [2.24, 2.45) is 0 Å². The molecule has 0 atom stereocenters. The van der Waals surface area contributed by atoms with Crippen LogP contribution in [0.2, 0.25) is 5.02 Å². The van der Waals surface area contributed by atoms with Crippen LogP contribution < -0.4 is 10.5 Å². The SMILES string of the molecule is Cc1cc(Cl)cc(C)c1Oc1cc(N)ccc1C(=O)O. The minimum Gasteiger partial charge on any atom is -0.478 e. The molecule has 2 aromatic carbocycles. The normalized spacial score (nSPS) is 10.3. The molecular weight excluding hydrogens is 278 g/mol. The van der Waals surface area contributed by atoms with Crippen LogP contribution in [-0.4, -0.2) is 11.1 Å². The molecule has 0 aromatic heterocycles. The van der Waals surface area contributed by atoms with Crippen LogP contribution in [0.15, 0.2) is 30.3 Å². The van der Waals surface area contributed by atoms with Crippen molar-refractivity contribution < 1.29 is 14.6 Å². The Morgan fingerprint density at radius 2 is 1.80 bits per heavy atom. The lowest BCUT2D eigenvalue weighted by atomic mass is 10.1. The van der Waals surface area contributed by atoms with Crippen LogP contribution in [-0.2, 0) is 0 Å². The molecule has 0 aliphatic rings. The van der Waals surface area contributed by atoms with Crippen LogP contribution in [0.1, 0.15) is 21.5 Å². The zero-order chi connectivity index (χ0) is 14.9. The lowest BCUT2D eigenvalue weighted by Gasteiger charge is -2.14. The number of carbonyl (C=O) groups is 1. The summed E-state index contributed by atoms with van der Waals surface area (Å²) in [5.74, 6) is -0.266. The van der Waals surface area contributed by atoms with Gasteiger partial charge in [0.15, 0.2) is 0 Å². The molecule has 4 nitrogen and oxygen atoms in total. The molecule has 5 heteroatoms. The average Bonchev–Trinajstić information content (AvgIpc) is 2.33. The van der Waals surface area contributed by atoms with Crippen LogP contribution in [0.4, 0.5) is 5.69 Å². The first-order chi connectivity index (χ1) is 9.38. The van der Waals surface area contributed by atoms with Gasteiger partial charge in [-0.1, -0.05) is 11.6 Å². The Hall–Kier alpha value is -2.20. The zero-order valence-corrected chi connectivity index (χ0v) is 11.9. The summed E-state index contributed by atoms with van der Waals surface area (Å²) in [6, 6.07) is 7.97. The van der Waals surface area contributed by atoms with E-state index in [1.807, 2.05) is 13.8 Å². The van der Waals surface area contributed by atoms with Gasteiger partial charge >= 0.3 is 5.97 Å². The number of rotatable bonds is 3. The number of carboxylic acids is 1. The third kappa shape index (κ3) is 2.86. The van der Waals surface area contributed by atoms with E-state index in [-0.39, 0.29) is 11.3 Å². The maximum atomic E-state index is 11.2. The lowest BCUT2D eigenvalue weighted by molar-refractivity contribution is 0.0694. The summed E-state index contributed by atoms with van der Waals surface area (Å²) in [6.45, 7) is 3.70. The fraction of sp³-hybridized carbons (Fsp3) is 0.133. The predicted octanol–water partition coefficient (Wildman–Crippen LogP) is 4.03. The third-order valence-corrected chi connectivity index (χ3v) is 3.09. The number of nitrogens with two attached hydrogens (primary N) is 1. The topological polar surface area (TPSA) is 72.5 Å². The van der Waals surface area contributed by atoms with E-state index in [2.05, 4.69) is 0 Å². The van der Waals surface area contributed by atoms with Crippen LogP contribution in [0.5, 0.6) is 11.5 Å². The molecule has 0 aliphatic carbocycles. The third-order valence-electron chi connectivity index (χ3n) is 2.87. The Balaban J connectivity index is 2.50. The molecule has 0 spiro atoms. The number of anilines is 1. The molecule has 0 aliphatic heterocycles. The molecule has 0 radical (unpaired) electrons. The second-order valence-electron chi connectivity index (χ2n) is 4.53. The van der Waals surface area contributed by atoms with Crippen molar-refractivity contribution in [1.82, 2.24) is 0 Å². The maximum absolute atomic E-state index is 11.2. The summed E-state index contributed by atoms with van der Waals surface area (Å²) in [5, 5.41) is 9.78. The Morgan fingerprint density at radius 3 is 2.35 bits per heavy atom. The number of aromatic carboxylic acids is 1. The molecule has 0 bridgehead atoms. The molecule has 0 fully saturated rings. The summed E-state index contributed by atoms with van der Waals surface area (Å²) >= 11 is 5.96. The summed E-state index contributed by atoms with van der Waals surface area (Å²) in [7, 11) is 0. The molecule has 2 rings (SSSR count). The van der Waals surface area contributed by atoms with Crippen molar-refractivity contribution in [3.63, 3.8) is 0 Å². The van der Waals surface area contributed by atoms with Crippen molar-refractivity contribution in [3.05, 3.63) is 52.0 Å². The van der Waals surface area contributed by atoms with Gasteiger partial charge in [0, 0.05) is 16.8 Å². The Bertz CT molecular complexity index is 660. The van der Waals surface area contributed by atoms with Gasteiger partial charge in [0.05, 0.1) is 0 Å². The van der Waals surface area contributed by atoms with Gasteiger partial charge in [0.2, 0.25) is 0 Å². The minimum absolute atomic E-state index is 0.0629. The van der Waals surface area contributed by atoms with E-state index in [1.165, 1.54) is 18.2 Å². The van der Waals surface area contributed by atoms with Gasteiger partial charge in [-0.05, 0) is 49.2 Å². The smallest absolute Gasteiger partial charge is 0.339 e. The molecule has 0 heterocycles. The van der Waals surface area contributed by atoms with Gasteiger partial charge in [-0.2, -0.15) is 0 Å². The van der Waals surface area contributed by atoms with E-state index >= 15 is 0 Å². The molecular formula is C15H14ClNO3. The number of hydrogen-bond donors (Lipinski definition) is 2. The van der Waals surface area contributed by atoms with E-state index in [4.69, 9.17) is 22.1 Å². The highest BCUT2D eigenvalue weighted by Gasteiger charge is 2.15. The van der Waals surface area contributed by atoms with Crippen LogP contribution in [0.25, 0.3) is 0 Å². The first kappa shape index (κ1) is 14.2.